The van der Waals surface area contributed by atoms with Gasteiger partial charge in [-0.1, -0.05) is 45.9 Å². The SMILES string of the molecule is CC(=Nc1c(C(C)C)cccc1C(C)C)N([BH-](C(F)(F)F)C(F)(F)F)C(F)(F)F. The molecule has 0 amide bonds. The summed E-state index contributed by atoms with van der Waals surface area (Å²) in [5, 5.41) is 0. The molecule has 1 aromatic rings. The van der Waals surface area contributed by atoms with Crippen molar-refractivity contribution in [3.8, 4) is 0 Å². The second-order valence-corrected chi connectivity index (χ2v) is 7.37. The Morgan fingerprint density at radius 1 is 0.828 bits per heavy atom. The van der Waals surface area contributed by atoms with Gasteiger partial charge in [-0.15, -0.1) is 0 Å². The van der Waals surface area contributed by atoms with Crippen molar-refractivity contribution in [2.24, 2.45) is 4.99 Å². The summed E-state index contributed by atoms with van der Waals surface area (Å²) in [6.07, 6.45) is -18.2. The van der Waals surface area contributed by atoms with Gasteiger partial charge in [-0.05, 0) is 29.9 Å². The lowest BCUT2D eigenvalue weighted by Crippen LogP contribution is -2.65. The minimum absolute atomic E-state index is 0.0493. The van der Waals surface area contributed by atoms with Gasteiger partial charge in [0, 0.05) is 0 Å². The van der Waals surface area contributed by atoms with E-state index in [0.29, 0.717) is 18.1 Å². The summed E-state index contributed by atoms with van der Waals surface area (Å²) in [5.74, 6) is -1.96. The van der Waals surface area contributed by atoms with E-state index in [1.165, 1.54) is 12.1 Å². The molecule has 0 bridgehead atoms. The van der Waals surface area contributed by atoms with E-state index in [9.17, 15) is 39.5 Å². The highest BCUT2D eigenvalue weighted by Crippen LogP contribution is 2.40. The minimum atomic E-state index is -6.14. The minimum Gasteiger partial charge on any atom is -0.434 e. The third-order valence-corrected chi connectivity index (χ3v) is 4.39. The molecular weight excluding hydrogens is 414 g/mol. The number of aliphatic imine (C=N–C) groups is 1. The fourth-order valence-corrected chi connectivity index (χ4v) is 3.04. The molecule has 29 heavy (non-hydrogen) atoms. The highest BCUT2D eigenvalue weighted by molar-refractivity contribution is 6.63. The van der Waals surface area contributed by atoms with Crippen molar-refractivity contribution in [1.29, 1.82) is 0 Å². The van der Waals surface area contributed by atoms with Crippen molar-refractivity contribution in [3.05, 3.63) is 29.3 Å². The van der Waals surface area contributed by atoms with E-state index in [4.69, 9.17) is 0 Å². The summed E-state index contributed by atoms with van der Waals surface area (Å²) >= 11 is 0. The molecule has 0 saturated heterocycles. The van der Waals surface area contributed by atoms with E-state index in [1.54, 1.807) is 33.8 Å². The number of benzene rings is 1. The maximum atomic E-state index is 13.4. The van der Waals surface area contributed by atoms with Crippen LogP contribution in [0.15, 0.2) is 23.2 Å². The van der Waals surface area contributed by atoms with Gasteiger partial charge in [0.2, 0.25) is 0 Å². The van der Waals surface area contributed by atoms with Crippen LogP contribution in [-0.2, 0) is 0 Å². The monoisotopic (exact) mass is 435 g/mol. The van der Waals surface area contributed by atoms with Crippen molar-refractivity contribution in [1.82, 2.24) is 4.81 Å². The second-order valence-electron chi connectivity index (χ2n) is 7.37. The summed E-state index contributed by atoms with van der Waals surface area (Å²) in [7, 11) is 0. The smallest absolute Gasteiger partial charge is 0.434 e. The first kappa shape index (κ1) is 25.2. The molecular formula is C17H21BF9N2-. The number of hydrogen-bond donors (Lipinski definition) is 0. The zero-order chi connectivity index (χ0) is 22.9. The average Bonchev–Trinajstić information content (AvgIpc) is 2.48. The molecule has 0 atom stereocenters. The molecule has 0 aliphatic carbocycles. The highest BCUT2D eigenvalue weighted by Gasteiger charge is 2.59. The van der Waals surface area contributed by atoms with Crippen LogP contribution in [0.5, 0.6) is 0 Å². The largest absolute Gasteiger partial charge is 0.447 e. The molecule has 0 aliphatic rings. The summed E-state index contributed by atoms with van der Waals surface area (Å²) in [4.78, 5) is 2.07. The first-order valence-corrected chi connectivity index (χ1v) is 8.75. The maximum Gasteiger partial charge on any atom is 0.447 e. The number of hydrogen-bond acceptors (Lipinski definition) is 1. The van der Waals surface area contributed by atoms with E-state index in [1.807, 2.05) is 0 Å². The lowest BCUT2D eigenvalue weighted by molar-refractivity contribution is -0.210. The van der Waals surface area contributed by atoms with Crippen molar-refractivity contribution >= 4 is 18.4 Å². The molecule has 0 saturated carbocycles. The first-order chi connectivity index (χ1) is 12.9. The Balaban J connectivity index is 3.78. The van der Waals surface area contributed by atoms with Crippen molar-refractivity contribution in [2.45, 2.75) is 64.9 Å². The Kier molecular flexibility index (Phi) is 7.35. The van der Waals surface area contributed by atoms with Crippen LogP contribution in [0.25, 0.3) is 0 Å². The molecule has 2 nitrogen and oxygen atoms in total. The fraction of sp³-hybridized carbons (Fsp3) is 0.588. The van der Waals surface area contributed by atoms with Crippen molar-refractivity contribution in [2.75, 3.05) is 0 Å². The number of amidine groups is 1. The first-order valence-electron chi connectivity index (χ1n) is 8.75. The third kappa shape index (κ3) is 6.05. The van der Waals surface area contributed by atoms with Gasteiger partial charge in [-0.3, -0.25) is 0 Å². The molecule has 0 aromatic heterocycles. The van der Waals surface area contributed by atoms with Crippen LogP contribution in [0.4, 0.5) is 45.2 Å². The van der Waals surface area contributed by atoms with Gasteiger partial charge < -0.3 is 4.81 Å². The summed E-state index contributed by atoms with van der Waals surface area (Å²) < 4.78 is 118. The summed E-state index contributed by atoms with van der Waals surface area (Å²) in [6, 6.07) is 4.66. The summed E-state index contributed by atoms with van der Waals surface area (Å²) in [6.45, 7) is 1.42. The molecule has 166 valence electrons. The van der Waals surface area contributed by atoms with E-state index in [-0.39, 0.29) is 17.5 Å². The van der Waals surface area contributed by atoms with Crippen LogP contribution < -0.4 is 0 Å². The molecule has 0 unspecified atom stereocenters. The number of alkyl halides is 9. The van der Waals surface area contributed by atoms with Crippen LogP contribution in [0, 0.1) is 0 Å². The van der Waals surface area contributed by atoms with E-state index < -0.39 is 35.9 Å². The zero-order valence-corrected chi connectivity index (χ0v) is 16.4. The Morgan fingerprint density at radius 3 is 1.48 bits per heavy atom. The van der Waals surface area contributed by atoms with Crippen LogP contribution in [0.2, 0.25) is 0 Å². The third-order valence-electron chi connectivity index (χ3n) is 4.39. The quantitative estimate of drug-likeness (QED) is 0.168. The molecule has 0 N–H and O–H groups in total. The molecule has 0 heterocycles. The van der Waals surface area contributed by atoms with Crippen LogP contribution in [-0.4, -0.2) is 35.9 Å². The van der Waals surface area contributed by atoms with Gasteiger partial charge in [0.25, 0.3) is 12.2 Å². The van der Waals surface area contributed by atoms with E-state index in [0.717, 1.165) is 0 Å². The van der Waals surface area contributed by atoms with Gasteiger partial charge in [0.15, 0.2) is 0 Å². The Bertz CT molecular complexity index is 694. The number of halogens is 9. The normalized spacial score (nSPS) is 14.3. The predicted octanol–water partition coefficient (Wildman–Crippen LogP) is 6.73. The molecule has 1 rings (SSSR count). The topological polar surface area (TPSA) is 15.6 Å². The maximum absolute atomic E-state index is 13.4. The molecule has 0 spiro atoms. The molecule has 1 aromatic carbocycles. The highest BCUT2D eigenvalue weighted by atomic mass is 19.4. The summed E-state index contributed by atoms with van der Waals surface area (Å²) in [5.41, 5.74) is 0.790. The lowest BCUT2D eigenvalue weighted by atomic mass is 9.58. The molecule has 0 radical (unpaired) electrons. The molecule has 0 fully saturated rings. The van der Waals surface area contributed by atoms with Gasteiger partial charge in [0.05, 0.1) is 11.5 Å². The van der Waals surface area contributed by atoms with Gasteiger partial charge in [-0.2, -0.15) is 13.2 Å². The van der Waals surface area contributed by atoms with Crippen LogP contribution in [0.3, 0.4) is 0 Å². The fourth-order valence-electron chi connectivity index (χ4n) is 3.04. The van der Waals surface area contributed by atoms with Gasteiger partial charge in [0.1, 0.15) is 0 Å². The Hall–Kier alpha value is -1.88. The Labute approximate surface area is 162 Å². The van der Waals surface area contributed by atoms with E-state index >= 15 is 0 Å². The van der Waals surface area contributed by atoms with E-state index in [2.05, 4.69) is 4.99 Å². The van der Waals surface area contributed by atoms with Crippen LogP contribution in [0.1, 0.15) is 57.6 Å². The number of rotatable bonds is 4. The van der Waals surface area contributed by atoms with Crippen molar-refractivity contribution < 1.29 is 39.5 Å². The Morgan fingerprint density at radius 2 is 1.21 bits per heavy atom. The second kappa shape index (κ2) is 8.47. The van der Waals surface area contributed by atoms with Gasteiger partial charge in [-0.25, -0.2) is 31.3 Å². The molecule has 0 aliphatic heterocycles. The van der Waals surface area contributed by atoms with Crippen LogP contribution >= 0.6 is 0 Å². The average molecular weight is 435 g/mol. The molecule has 12 heteroatoms. The number of para-hydroxylation sites is 1. The number of nitrogens with zero attached hydrogens (tertiary/aromatic N) is 2. The standard InChI is InChI=1S/C17H21BF9N2/c1-9(2)12-7-6-8-13(10(3)4)14(12)28-11(5)29(17(25,26)27)18(15(19,20)21)16(22,23)24/h6-10,18H,1-5H3/q-1. The van der Waals surface area contributed by atoms with Gasteiger partial charge >= 0.3 is 13.1 Å². The lowest BCUT2D eigenvalue weighted by Gasteiger charge is -2.43. The zero-order valence-electron chi connectivity index (χ0n) is 16.4. The van der Waals surface area contributed by atoms with Crippen molar-refractivity contribution in [3.63, 3.8) is 0 Å². The predicted molar refractivity (Wildman–Crippen MR) is 94.5 cm³/mol.